The van der Waals surface area contributed by atoms with Crippen LogP contribution in [0.15, 0.2) is 273 Å². The number of hydrogen-bond donors (Lipinski definition) is 0. The van der Waals surface area contributed by atoms with E-state index in [2.05, 4.69) is 287 Å². The molecular weight excluding hydrogens is 863 g/mol. The van der Waals surface area contributed by atoms with E-state index in [0.29, 0.717) is 0 Å². The molecule has 0 amide bonds. The van der Waals surface area contributed by atoms with E-state index in [9.17, 15) is 0 Å². The maximum Gasteiger partial charge on any atom is 0.179 e. The number of benzene rings is 11. The normalized spacial score (nSPS) is 12.0. The third kappa shape index (κ3) is 6.00. The summed E-state index contributed by atoms with van der Waals surface area (Å²) >= 11 is 0. The first-order valence-electron chi connectivity index (χ1n) is 24.2. The molecule has 70 heavy (non-hydrogen) atoms. The molecule has 3 nitrogen and oxygen atoms in total. The Bertz CT molecular complexity index is 4240. The van der Waals surface area contributed by atoms with Crippen molar-refractivity contribution in [3.8, 4) is 28.2 Å². The quantitative estimate of drug-likeness (QED) is 0.107. The van der Waals surface area contributed by atoms with Crippen LogP contribution < -0.4 is 20.7 Å². The molecule has 3 aromatic heterocycles. The van der Waals surface area contributed by atoms with Crippen LogP contribution in [0, 0.1) is 0 Å². The minimum Gasteiger partial charge on any atom is -0.309 e. The fourth-order valence-electron chi connectivity index (χ4n) is 11.8. The Labute approximate surface area is 407 Å². The molecule has 4 heteroatoms. The lowest BCUT2D eigenvalue weighted by Gasteiger charge is -2.35. The summed E-state index contributed by atoms with van der Waals surface area (Å²) in [5.74, 6) is 0. The maximum atomic E-state index is 2.51. The van der Waals surface area contributed by atoms with Crippen LogP contribution in [0.5, 0.6) is 0 Å². The summed E-state index contributed by atoms with van der Waals surface area (Å²) in [6.07, 6.45) is 0. The van der Waals surface area contributed by atoms with Crippen molar-refractivity contribution in [2.45, 2.75) is 0 Å². The molecule has 14 aromatic rings. The molecule has 328 valence electrons. The number of fused-ring (bicyclic) bond motifs is 10. The van der Waals surface area contributed by atoms with Crippen LogP contribution >= 0.6 is 0 Å². The van der Waals surface area contributed by atoms with Crippen molar-refractivity contribution in [2.75, 3.05) is 0 Å². The van der Waals surface area contributed by atoms with Crippen LogP contribution in [0.2, 0.25) is 0 Å². The average Bonchev–Trinajstić information content (AvgIpc) is 4.08. The highest BCUT2D eigenvalue weighted by Crippen LogP contribution is 2.42. The van der Waals surface area contributed by atoms with Gasteiger partial charge in [-0.1, -0.05) is 194 Å². The molecule has 0 unspecified atom stereocenters. The topological polar surface area (TPSA) is 14.8 Å². The Hall–Kier alpha value is -8.96. The summed E-state index contributed by atoms with van der Waals surface area (Å²) < 4.78 is 7.32. The van der Waals surface area contributed by atoms with E-state index in [4.69, 9.17) is 0 Å². The third-order valence-electron chi connectivity index (χ3n) is 14.8. The third-order valence-corrected chi connectivity index (χ3v) is 19.5. The van der Waals surface area contributed by atoms with Gasteiger partial charge in [-0.3, -0.25) is 0 Å². The van der Waals surface area contributed by atoms with Crippen LogP contribution in [-0.2, 0) is 0 Å². The predicted molar refractivity (Wildman–Crippen MR) is 299 cm³/mol. The Morgan fingerprint density at radius 1 is 0.214 bits per heavy atom. The van der Waals surface area contributed by atoms with E-state index in [1.54, 1.807) is 0 Å². The van der Waals surface area contributed by atoms with Crippen LogP contribution in [0.1, 0.15) is 0 Å². The van der Waals surface area contributed by atoms with Crippen molar-refractivity contribution in [2.24, 2.45) is 0 Å². The Morgan fingerprint density at radius 3 is 1.16 bits per heavy atom. The molecule has 14 rings (SSSR count). The maximum absolute atomic E-state index is 3.02. The van der Waals surface area contributed by atoms with Crippen molar-refractivity contribution in [3.63, 3.8) is 0 Å². The molecule has 0 aliphatic rings. The summed E-state index contributed by atoms with van der Waals surface area (Å²) in [4.78, 5) is 0. The van der Waals surface area contributed by atoms with Gasteiger partial charge in [0.15, 0.2) is 8.07 Å². The molecule has 0 spiro atoms. The highest BCUT2D eigenvalue weighted by Gasteiger charge is 2.42. The first-order chi connectivity index (χ1) is 34.8. The van der Waals surface area contributed by atoms with Gasteiger partial charge in [0, 0.05) is 49.4 Å². The van der Waals surface area contributed by atoms with E-state index < -0.39 is 8.07 Å². The monoisotopic (exact) mass is 907 g/mol. The molecule has 0 bridgehead atoms. The van der Waals surface area contributed by atoms with E-state index in [-0.39, 0.29) is 0 Å². The van der Waals surface area contributed by atoms with E-state index >= 15 is 0 Å². The second-order valence-electron chi connectivity index (χ2n) is 18.4. The second kappa shape index (κ2) is 16.1. The zero-order valence-electron chi connectivity index (χ0n) is 38.3. The minimum atomic E-state index is -3.02. The molecule has 3 heterocycles. The summed E-state index contributed by atoms with van der Waals surface area (Å²) in [6.45, 7) is 0. The predicted octanol–water partition coefficient (Wildman–Crippen LogP) is 14.0. The van der Waals surface area contributed by atoms with E-state index in [0.717, 1.165) is 17.1 Å². The summed E-state index contributed by atoms with van der Waals surface area (Å²) in [7, 11) is -3.02. The van der Waals surface area contributed by atoms with Crippen molar-refractivity contribution < 1.29 is 0 Å². The van der Waals surface area contributed by atoms with Crippen molar-refractivity contribution in [1.29, 1.82) is 0 Å². The molecule has 0 aliphatic heterocycles. The smallest absolute Gasteiger partial charge is 0.179 e. The van der Waals surface area contributed by atoms with Crippen LogP contribution in [0.25, 0.3) is 93.6 Å². The molecule has 0 radical (unpaired) electrons. The highest BCUT2D eigenvalue weighted by atomic mass is 28.3. The van der Waals surface area contributed by atoms with Gasteiger partial charge < -0.3 is 13.7 Å². The Morgan fingerprint density at radius 2 is 0.586 bits per heavy atom. The fraction of sp³-hybridized carbons (Fsp3) is 0. The van der Waals surface area contributed by atoms with Gasteiger partial charge in [0.25, 0.3) is 0 Å². The Kier molecular flexibility index (Phi) is 9.23. The van der Waals surface area contributed by atoms with Gasteiger partial charge >= 0.3 is 0 Å². The molecule has 11 aromatic carbocycles. The van der Waals surface area contributed by atoms with Gasteiger partial charge in [-0.15, -0.1) is 0 Å². The van der Waals surface area contributed by atoms with Crippen molar-refractivity contribution >= 4 is 94.2 Å². The Balaban J connectivity index is 1.00. The summed E-state index contributed by atoms with van der Waals surface area (Å²) in [5.41, 5.74) is 13.1. The number of hydrogen-bond acceptors (Lipinski definition) is 0. The molecule has 0 aliphatic carbocycles. The largest absolute Gasteiger partial charge is 0.309 e. The van der Waals surface area contributed by atoms with Gasteiger partial charge in [0.05, 0.1) is 33.1 Å². The summed E-state index contributed by atoms with van der Waals surface area (Å²) in [5, 5.41) is 12.9. The van der Waals surface area contributed by atoms with Gasteiger partial charge in [-0.05, 0) is 111 Å². The van der Waals surface area contributed by atoms with Crippen molar-refractivity contribution in [1.82, 2.24) is 13.7 Å². The lowest BCUT2D eigenvalue weighted by molar-refractivity contribution is 1.17. The number of nitrogens with zero attached hydrogens (tertiary/aromatic N) is 3. The first-order valence-corrected chi connectivity index (χ1v) is 26.2. The lowest BCUT2D eigenvalue weighted by Crippen LogP contribution is -2.74. The van der Waals surface area contributed by atoms with Gasteiger partial charge in [-0.25, -0.2) is 0 Å². The number of aromatic nitrogens is 3. The van der Waals surface area contributed by atoms with Crippen molar-refractivity contribution in [3.05, 3.63) is 273 Å². The van der Waals surface area contributed by atoms with E-state index in [1.807, 2.05) is 0 Å². The molecule has 0 N–H and O–H groups in total. The van der Waals surface area contributed by atoms with E-state index in [1.165, 1.54) is 97.3 Å². The van der Waals surface area contributed by atoms with Gasteiger partial charge in [-0.2, -0.15) is 0 Å². The fourth-order valence-corrected chi connectivity index (χ4v) is 16.7. The zero-order valence-corrected chi connectivity index (χ0v) is 39.3. The number of rotatable bonds is 8. The first kappa shape index (κ1) is 40.1. The molecule has 0 saturated heterocycles. The van der Waals surface area contributed by atoms with Crippen LogP contribution in [0.3, 0.4) is 0 Å². The number of para-hydroxylation sites is 5. The molecule has 0 saturated carbocycles. The zero-order chi connectivity index (χ0) is 46.2. The lowest BCUT2D eigenvalue weighted by atomic mass is 10.0. The van der Waals surface area contributed by atoms with Crippen LogP contribution in [0.4, 0.5) is 0 Å². The summed E-state index contributed by atoms with van der Waals surface area (Å²) in [6, 6.07) is 101. The minimum absolute atomic E-state index is 1.15. The van der Waals surface area contributed by atoms with Crippen LogP contribution in [-0.4, -0.2) is 21.8 Å². The molecule has 0 fully saturated rings. The van der Waals surface area contributed by atoms with Gasteiger partial charge in [0.1, 0.15) is 0 Å². The average molecular weight is 908 g/mol. The van der Waals surface area contributed by atoms with Gasteiger partial charge in [0.2, 0.25) is 0 Å². The molecular formula is C66H45N3Si. The SMILES string of the molecule is c1ccc(-n2c3ccccc3c3cc(-c4cccc([Si](c5ccccc5)(c5ccccc5)c5cccc(-n6c7ccccc7c7c8c9ccccc9n(-c9ccccc9)c8ccc76)c5)c4)ccc32)cc1. The standard InChI is InChI=1S/C66H45N3Si/c1-5-22-48(23-6-1)67-59-36-16-13-33-55(59)58-44-47(39-40-62(58)67)46-21-19-31-53(43-46)70(51-27-9-3-10-28-51,52-29-11-4-12-30-52)54-32-20-26-50(45-54)69-61-38-18-15-35-57(61)66-64(69)42-41-63-65(66)56-34-14-17-37-60(56)68(63)49-24-7-2-8-25-49/h1-45H. The molecule has 0 atom stereocenters. The highest BCUT2D eigenvalue weighted by molar-refractivity contribution is 7.20. The second-order valence-corrected chi connectivity index (χ2v) is 22.2.